The lowest BCUT2D eigenvalue weighted by atomic mass is 9.78. The maximum absolute atomic E-state index is 12.7. The first-order valence-electron chi connectivity index (χ1n) is 9.89. The largest absolute Gasteiger partial charge is 0.595 e. The number of likely N-dealkylation sites (tertiary alicyclic amines) is 1. The first kappa shape index (κ1) is 20.6. The van der Waals surface area contributed by atoms with Crippen LogP contribution in [0.1, 0.15) is 48.9 Å². The van der Waals surface area contributed by atoms with E-state index < -0.39 is 11.2 Å². The molecule has 1 aromatic carbocycles. The third kappa shape index (κ3) is 4.45. The van der Waals surface area contributed by atoms with Crippen molar-refractivity contribution in [1.82, 2.24) is 4.90 Å². The summed E-state index contributed by atoms with van der Waals surface area (Å²) in [6.45, 7) is 0.404. The number of fused-ring (bicyclic) bond motifs is 1. The molecule has 3 rings (SSSR count). The number of esters is 1. The lowest BCUT2D eigenvalue weighted by Crippen LogP contribution is -2.99. The van der Waals surface area contributed by atoms with E-state index in [1.54, 1.807) is 25.1 Å². The Labute approximate surface area is 165 Å². The molecule has 1 saturated carbocycles. The number of carbonyl (C=O) groups is 2. The van der Waals surface area contributed by atoms with E-state index in [-0.39, 0.29) is 29.8 Å². The molecule has 1 saturated heterocycles. The van der Waals surface area contributed by atoms with Crippen LogP contribution < -0.4 is 10.1 Å². The van der Waals surface area contributed by atoms with Gasteiger partial charge >= 0.3 is 5.97 Å². The number of amides is 1. The zero-order valence-electron chi connectivity index (χ0n) is 16.5. The lowest BCUT2D eigenvalue weighted by Gasteiger charge is -2.44. The van der Waals surface area contributed by atoms with Gasteiger partial charge in [0.1, 0.15) is 0 Å². The van der Waals surface area contributed by atoms with E-state index in [0.717, 1.165) is 25.8 Å². The Hall–Kier alpha value is -2.16. The fraction of sp³-hybridized carbons (Fsp3) is 0.600. The van der Waals surface area contributed by atoms with Gasteiger partial charge in [-0.1, -0.05) is 12.8 Å². The van der Waals surface area contributed by atoms with Crippen LogP contribution in [0.15, 0.2) is 18.2 Å². The number of quaternary nitrogens is 1. The minimum atomic E-state index is -1.12. The average Bonchev–Trinajstić information content (AvgIpc) is 2.70. The summed E-state index contributed by atoms with van der Waals surface area (Å²) in [5.74, 6) is -0.280. The monoisotopic (exact) mass is 391 g/mol. The second-order valence-electron chi connectivity index (χ2n) is 7.85. The highest BCUT2D eigenvalue weighted by Gasteiger charge is 2.36. The molecule has 0 radical (unpaired) electrons. The van der Waals surface area contributed by atoms with Gasteiger partial charge in [0, 0.05) is 38.8 Å². The predicted octanol–water partition coefficient (Wildman–Crippen LogP) is 1.49. The minimum Gasteiger partial charge on any atom is -0.595 e. The second-order valence-corrected chi connectivity index (χ2v) is 7.85. The molecule has 1 aliphatic carbocycles. The van der Waals surface area contributed by atoms with Gasteiger partial charge in [-0.15, -0.1) is 0 Å². The molecule has 8 nitrogen and oxygen atoms in total. The first-order chi connectivity index (χ1) is 13.4. The maximum Gasteiger partial charge on any atom is 0.340 e. The highest BCUT2D eigenvalue weighted by Crippen LogP contribution is 2.35. The minimum absolute atomic E-state index is 0.00459. The van der Waals surface area contributed by atoms with Gasteiger partial charge in [-0.25, -0.2) is 10.0 Å². The van der Waals surface area contributed by atoms with Crippen LogP contribution in [0.25, 0.3) is 0 Å². The second kappa shape index (κ2) is 8.89. The maximum atomic E-state index is 12.7. The Balaban J connectivity index is 1.68. The van der Waals surface area contributed by atoms with Crippen molar-refractivity contribution in [2.45, 2.75) is 44.6 Å². The quantitative estimate of drug-likeness (QED) is 0.583. The first-order valence-corrected chi connectivity index (χ1v) is 9.89. The molecule has 8 heteroatoms. The van der Waals surface area contributed by atoms with Crippen molar-refractivity contribution >= 4 is 23.3 Å². The molecule has 1 amide bonds. The van der Waals surface area contributed by atoms with Gasteiger partial charge in [0.05, 0.1) is 11.3 Å². The van der Waals surface area contributed by atoms with E-state index in [2.05, 4.69) is 0 Å². The van der Waals surface area contributed by atoms with E-state index >= 15 is 0 Å². The normalized spacial score (nSPS) is 22.9. The molecule has 154 valence electrons. The smallest absolute Gasteiger partial charge is 0.340 e. The van der Waals surface area contributed by atoms with Gasteiger partial charge in [-0.2, -0.15) is 5.23 Å². The van der Waals surface area contributed by atoms with Gasteiger partial charge in [-0.05, 0) is 37.7 Å². The summed E-state index contributed by atoms with van der Waals surface area (Å²) in [5, 5.41) is 19.3. The molecule has 0 aromatic heterocycles. The molecular formula is C20H29N3O5. The van der Waals surface area contributed by atoms with Crippen molar-refractivity contribution in [3.8, 4) is 0 Å². The Morgan fingerprint density at radius 2 is 1.96 bits per heavy atom. The molecule has 2 fully saturated rings. The molecule has 1 heterocycles. The van der Waals surface area contributed by atoms with Gasteiger partial charge in [0.2, 0.25) is 0 Å². The molecule has 0 spiro atoms. The van der Waals surface area contributed by atoms with Crippen LogP contribution >= 0.6 is 0 Å². The topological polar surface area (TPSA) is 97.6 Å². The summed E-state index contributed by atoms with van der Waals surface area (Å²) >= 11 is 0. The van der Waals surface area contributed by atoms with Crippen molar-refractivity contribution in [3.63, 3.8) is 0 Å². The third-order valence-electron chi connectivity index (χ3n) is 5.84. The summed E-state index contributed by atoms with van der Waals surface area (Å²) in [4.78, 5) is 28.9. The van der Waals surface area contributed by atoms with Gasteiger partial charge in [-0.3, -0.25) is 4.79 Å². The van der Waals surface area contributed by atoms with E-state index in [0.29, 0.717) is 11.6 Å². The summed E-state index contributed by atoms with van der Waals surface area (Å²) < 4.78 is 5.30. The van der Waals surface area contributed by atoms with Crippen LogP contribution in [0, 0.1) is 11.1 Å². The molecule has 1 aliphatic heterocycles. The number of hydrogen-bond acceptors (Lipinski definition) is 6. The number of nitrogens with zero attached hydrogens (tertiary/aromatic N) is 2. The molecule has 3 atom stereocenters. The highest BCUT2D eigenvalue weighted by atomic mass is 16.8. The summed E-state index contributed by atoms with van der Waals surface area (Å²) in [7, 11) is 3.52. The van der Waals surface area contributed by atoms with Crippen LogP contribution in [0.2, 0.25) is 0 Å². The fourth-order valence-electron chi connectivity index (χ4n) is 4.44. The molecule has 2 aliphatic rings. The van der Waals surface area contributed by atoms with Crippen LogP contribution in [0.4, 0.5) is 11.4 Å². The lowest BCUT2D eigenvalue weighted by molar-refractivity contribution is -0.991. The SMILES string of the molecule is CN(C)c1ccc([NH+]([O-])O)cc1C(=O)OCC(=O)N1CCC[C@@H]2CCCC[C@@H]21. The molecule has 28 heavy (non-hydrogen) atoms. The Bertz CT molecular complexity index is 720. The van der Waals surface area contributed by atoms with Crippen LogP contribution in [0.5, 0.6) is 0 Å². The predicted molar refractivity (Wildman–Crippen MR) is 104 cm³/mol. The van der Waals surface area contributed by atoms with Gasteiger partial charge in [0.15, 0.2) is 12.3 Å². The zero-order chi connectivity index (χ0) is 20.3. The van der Waals surface area contributed by atoms with Crippen molar-refractivity contribution in [1.29, 1.82) is 0 Å². The Morgan fingerprint density at radius 1 is 1.25 bits per heavy atom. The average molecular weight is 391 g/mol. The Kier molecular flexibility index (Phi) is 6.53. The van der Waals surface area contributed by atoms with Crippen molar-refractivity contribution in [3.05, 3.63) is 29.0 Å². The number of benzene rings is 1. The summed E-state index contributed by atoms with van der Waals surface area (Å²) in [5.41, 5.74) is 0.699. The number of piperidine rings is 1. The van der Waals surface area contributed by atoms with Crippen molar-refractivity contribution in [2.24, 2.45) is 5.92 Å². The zero-order valence-corrected chi connectivity index (χ0v) is 16.5. The number of hydrogen-bond donors (Lipinski definition) is 2. The van der Waals surface area contributed by atoms with Gasteiger partial charge < -0.3 is 19.7 Å². The highest BCUT2D eigenvalue weighted by molar-refractivity contribution is 5.97. The number of ether oxygens (including phenoxy) is 1. The number of rotatable bonds is 5. The van der Waals surface area contributed by atoms with Crippen molar-refractivity contribution in [2.75, 3.05) is 32.1 Å². The number of carbonyl (C=O) groups excluding carboxylic acids is 2. The van der Waals surface area contributed by atoms with Gasteiger partial charge in [0.25, 0.3) is 5.91 Å². The van der Waals surface area contributed by atoms with Crippen LogP contribution in [0.3, 0.4) is 0 Å². The van der Waals surface area contributed by atoms with E-state index in [9.17, 15) is 20.0 Å². The van der Waals surface area contributed by atoms with E-state index in [4.69, 9.17) is 4.74 Å². The van der Waals surface area contributed by atoms with Crippen molar-refractivity contribution < 1.29 is 24.8 Å². The fourth-order valence-corrected chi connectivity index (χ4v) is 4.44. The molecule has 1 aromatic rings. The number of anilines is 1. The molecule has 1 unspecified atom stereocenters. The summed E-state index contributed by atoms with van der Waals surface area (Å²) in [6.07, 6.45) is 6.72. The molecular weight excluding hydrogens is 362 g/mol. The van der Waals surface area contributed by atoms with E-state index in [1.807, 2.05) is 4.90 Å². The summed E-state index contributed by atoms with van der Waals surface area (Å²) in [6, 6.07) is 4.57. The standard InChI is InChI=1S/C20H29N3O5/c1-21(2)18-10-9-15(23(26)27)12-16(18)20(25)28-13-19(24)22-11-5-7-14-6-3-4-8-17(14)22/h9-10,12,14,17,23,26H,3-8,11,13H2,1-2H3/t14-,17-/m0/s1. The Morgan fingerprint density at radius 3 is 2.68 bits per heavy atom. The number of nitrogens with one attached hydrogen (secondary N) is 1. The van der Waals surface area contributed by atoms with Crippen LogP contribution in [-0.4, -0.2) is 55.3 Å². The third-order valence-corrected chi connectivity index (χ3v) is 5.84. The molecule has 2 N–H and O–H groups in total. The van der Waals surface area contributed by atoms with Crippen LogP contribution in [-0.2, 0) is 9.53 Å². The van der Waals surface area contributed by atoms with E-state index in [1.165, 1.54) is 31.4 Å². The molecule has 0 bridgehead atoms.